The van der Waals surface area contributed by atoms with E-state index >= 15 is 0 Å². The molecule has 12 heteroatoms. The van der Waals surface area contributed by atoms with E-state index in [4.69, 9.17) is 4.74 Å². The molecule has 1 unspecified atom stereocenters. The molecule has 0 aliphatic carbocycles. The van der Waals surface area contributed by atoms with Crippen LogP contribution in [0.25, 0.3) is 0 Å². The number of nitrogens with one attached hydrogen (secondary N) is 1. The predicted molar refractivity (Wildman–Crippen MR) is 158 cm³/mol. The average molecular weight is 620 g/mol. The van der Waals surface area contributed by atoms with Crippen LogP contribution in [0.5, 0.6) is 5.75 Å². The third-order valence-electron chi connectivity index (χ3n) is 6.80. The normalized spacial score (nSPS) is 12.3. The summed E-state index contributed by atoms with van der Waals surface area (Å²) < 4.78 is 74.3. The van der Waals surface area contributed by atoms with Crippen LogP contribution in [0.2, 0.25) is 0 Å². The first-order valence-corrected chi connectivity index (χ1v) is 15.3. The summed E-state index contributed by atoms with van der Waals surface area (Å²) in [5, 5.41) is 2.83. The number of methoxy groups -OCH3 is 1. The lowest BCUT2D eigenvalue weighted by molar-refractivity contribution is -0.140. The molecule has 0 heterocycles. The summed E-state index contributed by atoms with van der Waals surface area (Å²) in [6, 6.07) is 16.8. The highest BCUT2D eigenvalue weighted by atomic mass is 32.2. The highest BCUT2D eigenvalue weighted by Crippen LogP contribution is 2.33. The Morgan fingerprint density at radius 1 is 0.953 bits per heavy atom. The summed E-state index contributed by atoms with van der Waals surface area (Å²) in [6.07, 6.45) is -2.95. The predicted octanol–water partition coefficient (Wildman–Crippen LogP) is 5.63. The number of carbonyl (C=O) groups excluding carboxylic acids is 2. The molecule has 0 aliphatic rings. The standard InChI is InChI=1S/C31H36F3N3O5S/c1-4-6-19-35-30(39)28(5-2)36(21-23-15-17-26(42-3)18-16-23)29(38)22-37(43(40,41)27-13-8-7-9-14-27)25-12-10-11-24(20-25)31(32,33)34/h7-18,20,28H,4-6,19,21-22H2,1-3H3,(H,35,39). The molecule has 0 saturated heterocycles. The molecule has 43 heavy (non-hydrogen) atoms. The zero-order valence-electron chi connectivity index (χ0n) is 24.3. The quantitative estimate of drug-likeness (QED) is 0.236. The van der Waals surface area contributed by atoms with Crippen LogP contribution in [-0.2, 0) is 32.3 Å². The molecule has 1 N–H and O–H groups in total. The Kier molecular flexibility index (Phi) is 11.6. The second-order valence-electron chi connectivity index (χ2n) is 9.81. The van der Waals surface area contributed by atoms with E-state index in [1.807, 2.05) is 6.92 Å². The van der Waals surface area contributed by atoms with Gasteiger partial charge in [0.25, 0.3) is 10.0 Å². The van der Waals surface area contributed by atoms with Crippen LogP contribution in [0.3, 0.4) is 0 Å². The van der Waals surface area contributed by atoms with Crippen molar-refractivity contribution in [3.05, 3.63) is 90.0 Å². The van der Waals surface area contributed by atoms with Crippen molar-refractivity contribution in [1.29, 1.82) is 0 Å². The number of anilines is 1. The molecule has 0 spiro atoms. The van der Waals surface area contributed by atoms with Crippen molar-refractivity contribution in [2.24, 2.45) is 0 Å². The van der Waals surface area contributed by atoms with Crippen molar-refractivity contribution >= 4 is 27.5 Å². The lowest BCUT2D eigenvalue weighted by Crippen LogP contribution is -2.52. The van der Waals surface area contributed by atoms with Gasteiger partial charge in [0.1, 0.15) is 18.3 Å². The molecule has 0 aliphatic heterocycles. The Morgan fingerprint density at radius 3 is 2.21 bits per heavy atom. The zero-order valence-corrected chi connectivity index (χ0v) is 25.1. The summed E-state index contributed by atoms with van der Waals surface area (Å²) >= 11 is 0. The summed E-state index contributed by atoms with van der Waals surface area (Å²) in [5.41, 5.74) is -0.759. The monoisotopic (exact) mass is 619 g/mol. The summed E-state index contributed by atoms with van der Waals surface area (Å²) in [7, 11) is -2.99. The van der Waals surface area contributed by atoms with E-state index in [0.29, 0.717) is 28.2 Å². The summed E-state index contributed by atoms with van der Waals surface area (Å²) in [6.45, 7) is 3.20. The molecule has 3 rings (SSSR count). The first-order chi connectivity index (χ1) is 20.4. The first-order valence-electron chi connectivity index (χ1n) is 13.9. The molecule has 0 saturated carbocycles. The Balaban J connectivity index is 2.08. The number of alkyl halides is 3. The maximum Gasteiger partial charge on any atom is 0.416 e. The van der Waals surface area contributed by atoms with Crippen molar-refractivity contribution < 1.29 is 35.9 Å². The minimum Gasteiger partial charge on any atom is -0.497 e. The number of nitrogens with zero attached hydrogens (tertiary/aromatic N) is 2. The fraction of sp³-hybridized carbons (Fsp3) is 0.355. The molecule has 0 bridgehead atoms. The topological polar surface area (TPSA) is 96.0 Å². The maximum absolute atomic E-state index is 14.0. The van der Waals surface area contributed by atoms with Crippen LogP contribution < -0.4 is 14.4 Å². The molecule has 0 radical (unpaired) electrons. The molecule has 8 nitrogen and oxygen atoms in total. The van der Waals surface area contributed by atoms with Crippen LogP contribution in [0.4, 0.5) is 18.9 Å². The number of amides is 2. The van der Waals surface area contributed by atoms with E-state index in [2.05, 4.69) is 5.32 Å². The van der Waals surface area contributed by atoms with Gasteiger partial charge in [-0.25, -0.2) is 8.42 Å². The van der Waals surface area contributed by atoms with Gasteiger partial charge in [-0.15, -0.1) is 0 Å². The Bertz CT molecular complexity index is 1470. The van der Waals surface area contributed by atoms with E-state index in [1.165, 1.54) is 42.3 Å². The SMILES string of the molecule is CCCCNC(=O)C(CC)N(Cc1ccc(OC)cc1)C(=O)CN(c1cccc(C(F)(F)F)c1)S(=O)(=O)c1ccccc1. The van der Waals surface area contributed by atoms with Gasteiger partial charge in [-0.1, -0.05) is 56.7 Å². The lowest BCUT2D eigenvalue weighted by Gasteiger charge is -2.33. The number of hydrogen-bond acceptors (Lipinski definition) is 5. The second-order valence-corrected chi connectivity index (χ2v) is 11.7. The summed E-state index contributed by atoms with van der Waals surface area (Å²) in [4.78, 5) is 28.3. The number of carbonyl (C=O) groups is 2. The third kappa shape index (κ3) is 8.73. The van der Waals surface area contributed by atoms with Crippen molar-refractivity contribution in [3.8, 4) is 5.75 Å². The number of hydrogen-bond donors (Lipinski definition) is 1. The smallest absolute Gasteiger partial charge is 0.416 e. The number of halogens is 3. The van der Waals surface area contributed by atoms with Gasteiger partial charge in [0.15, 0.2) is 0 Å². The van der Waals surface area contributed by atoms with E-state index in [0.717, 1.165) is 25.0 Å². The van der Waals surface area contributed by atoms with E-state index < -0.39 is 46.2 Å². The van der Waals surface area contributed by atoms with Gasteiger partial charge in [-0.05, 0) is 60.9 Å². The molecular weight excluding hydrogens is 583 g/mol. The Labute approximate surface area is 250 Å². The Hall–Kier alpha value is -4.06. The minimum absolute atomic E-state index is 0.0512. The molecule has 3 aromatic carbocycles. The molecular formula is C31H36F3N3O5S. The van der Waals surface area contributed by atoms with Crippen molar-refractivity contribution in [3.63, 3.8) is 0 Å². The Morgan fingerprint density at radius 2 is 1.63 bits per heavy atom. The number of rotatable bonds is 14. The van der Waals surface area contributed by atoms with Gasteiger partial charge < -0.3 is 15.0 Å². The molecule has 2 amide bonds. The van der Waals surface area contributed by atoms with Crippen molar-refractivity contribution in [1.82, 2.24) is 10.2 Å². The highest BCUT2D eigenvalue weighted by Gasteiger charge is 2.35. The highest BCUT2D eigenvalue weighted by molar-refractivity contribution is 7.92. The summed E-state index contributed by atoms with van der Waals surface area (Å²) in [5.74, 6) is -0.588. The fourth-order valence-electron chi connectivity index (χ4n) is 4.44. The number of unbranched alkanes of at least 4 members (excludes halogenated alkanes) is 1. The number of ether oxygens (including phenoxy) is 1. The molecule has 232 valence electrons. The largest absolute Gasteiger partial charge is 0.497 e. The maximum atomic E-state index is 14.0. The fourth-order valence-corrected chi connectivity index (χ4v) is 5.87. The second kappa shape index (κ2) is 14.9. The van der Waals surface area contributed by atoms with Crippen molar-refractivity contribution in [2.75, 3.05) is 24.5 Å². The third-order valence-corrected chi connectivity index (χ3v) is 8.59. The van der Waals surface area contributed by atoms with Gasteiger partial charge >= 0.3 is 6.18 Å². The minimum atomic E-state index is -4.74. The zero-order chi connectivity index (χ0) is 31.6. The molecule has 0 aromatic heterocycles. The van der Waals surface area contributed by atoms with E-state index in [-0.39, 0.29) is 23.5 Å². The van der Waals surface area contributed by atoms with Crippen LogP contribution in [0.1, 0.15) is 44.2 Å². The molecule has 3 aromatic rings. The first kappa shape index (κ1) is 33.4. The number of sulfonamides is 1. The average Bonchev–Trinajstić information content (AvgIpc) is 3.00. The van der Waals surface area contributed by atoms with Crippen LogP contribution in [0, 0.1) is 0 Å². The van der Waals surface area contributed by atoms with Gasteiger partial charge in [0.05, 0.1) is 23.3 Å². The van der Waals surface area contributed by atoms with Gasteiger partial charge in [-0.2, -0.15) is 13.2 Å². The number of benzene rings is 3. The van der Waals surface area contributed by atoms with Crippen LogP contribution in [-0.4, -0.2) is 51.4 Å². The molecule has 1 atom stereocenters. The van der Waals surface area contributed by atoms with Crippen molar-refractivity contribution in [2.45, 2.75) is 56.8 Å². The van der Waals surface area contributed by atoms with E-state index in [9.17, 15) is 31.2 Å². The van der Waals surface area contributed by atoms with Gasteiger partial charge in [-0.3, -0.25) is 13.9 Å². The van der Waals surface area contributed by atoms with Crippen LogP contribution in [0.15, 0.2) is 83.8 Å². The lowest BCUT2D eigenvalue weighted by atomic mass is 10.1. The van der Waals surface area contributed by atoms with E-state index in [1.54, 1.807) is 37.3 Å². The van der Waals surface area contributed by atoms with Crippen LogP contribution >= 0.6 is 0 Å². The molecule has 0 fully saturated rings. The van der Waals surface area contributed by atoms with Gasteiger partial charge in [0, 0.05) is 13.1 Å². The van der Waals surface area contributed by atoms with Gasteiger partial charge in [0.2, 0.25) is 11.8 Å².